The molecule has 1 atom stereocenters. The average Bonchev–Trinajstić information content (AvgIpc) is 3.14. The quantitative estimate of drug-likeness (QED) is 0.470. The topological polar surface area (TPSA) is 87.3 Å². The molecule has 0 aliphatic rings. The van der Waals surface area contributed by atoms with Gasteiger partial charge in [0.2, 0.25) is 5.91 Å². The van der Waals surface area contributed by atoms with E-state index in [9.17, 15) is 18.8 Å². The van der Waals surface area contributed by atoms with E-state index in [0.717, 1.165) is 3.79 Å². The van der Waals surface area contributed by atoms with Gasteiger partial charge in [0, 0.05) is 16.9 Å². The number of nitrogens with one attached hydrogen (secondary N) is 3. The van der Waals surface area contributed by atoms with Crippen LogP contribution in [0.15, 0.2) is 64.5 Å². The van der Waals surface area contributed by atoms with Gasteiger partial charge in [-0.15, -0.1) is 11.3 Å². The number of anilines is 2. The van der Waals surface area contributed by atoms with Crippen molar-refractivity contribution in [3.8, 4) is 0 Å². The fourth-order valence-corrected chi connectivity index (χ4v) is 3.82. The van der Waals surface area contributed by atoms with Crippen molar-refractivity contribution in [1.29, 1.82) is 0 Å². The van der Waals surface area contributed by atoms with Crippen molar-refractivity contribution in [2.45, 2.75) is 13.0 Å². The molecule has 9 heteroatoms. The molecule has 3 rings (SSSR count). The molecule has 2 aromatic carbocycles. The lowest BCUT2D eigenvalue weighted by Gasteiger charge is -2.14. The number of carbonyl (C=O) groups excluding carboxylic acids is 3. The Kier molecular flexibility index (Phi) is 6.96. The van der Waals surface area contributed by atoms with E-state index in [1.54, 1.807) is 43.3 Å². The number of rotatable bonds is 6. The molecule has 3 amide bonds. The Hall–Kier alpha value is -3.04. The Morgan fingerprint density at radius 2 is 1.63 bits per heavy atom. The zero-order chi connectivity index (χ0) is 21.7. The second kappa shape index (κ2) is 9.64. The number of thiophene rings is 1. The summed E-state index contributed by atoms with van der Waals surface area (Å²) in [5.74, 6) is -1.68. The van der Waals surface area contributed by atoms with Gasteiger partial charge in [0.15, 0.2) is 0 Å². The molecular formula is C21H17BrFN3O3S. The van der Waals surface area contributed by atoms with E-state index in [0.29, 0.717) is 16.3 Å². The zero-order valence-electron chi connectivity index (χ0n) is 15.7. The molecule has 0 fully saturated rings. The van der Waals surface area contributed by atoms with Crippen LogP contribution in [0.1, 0.15) is 27.0 Å². The number of amides is 3. The van der Waals surface area contributed by atoms with Gasteiger partial charge in [-0.2, -0.15) is 0 Å². The lowest BCUT2D eigenvalue weighted by Crippen LogP contribution is -2.41. The predicted molar refractivity (Wildman–Crippen MR) is 118 cm³/mol. The van der Waals surface area contributed by atoms with Gasteiger partial charge in [-0.25, -0.2) is 4.39 Å². The second-order valence-corrected chi connectivity index (χ2v) is 8.80. The van der Waals surface area contributed by atoms with Crippen molar-refractivity contribution < 1.29 is 18.8 Å². The molecule has 0 aliphatic heterocycles. The lowest BCUT2D eigenvalue weighted by atomic mass is 10.1. The molecule has 0 saturated carbocycles. The van der Waals surface area contributed by atoms with E-state index >= 15 is 0 Å². The van der Waals surface area contributed by atoms with Crippen LogP contribution in [0.5, 0.6) is 0 Å². The molecule has 1 heterocycles. The van der Waals surface area contributed by atoms with Crippen molar-refractivity contribution in [3.63, 3.8) is 0 Å². The van der Waals surface area contributed by atoms with Crippen molar-refractivity contribution in [1.82, 2.24) is 5.32 Å². The molecule has 0 aliphatic carbocycles. The maximum Gasteiger partial charge on any atom is 0.262 e. The molecule has 0 radical (unpaired) electrons. The highest BCUT2D eigenvalue weighted by Gasteiger charge is 2.18. The zero-order valence-corrected chi connectivity index (χ0v) is 18.1. The minimum atomic E-state index is -0.789. The molecule has 1 aromatic heterocycles. The van der Waals surface area contributed by atoms with Gasteiger partial charge in [-0.3, -0.25) is 14.4 Å². The molecule has 6 nitrogen and oxygen atoms in total. The van der Waals surface area contributed by atoms with E-state index in [1.165, 1.54) is 35.6 Å². The van der Waals surface area contributed by atoms with Crippen LogP contribution in [0, 0.1) is 5.82 Å². The van der Waals surface area contributed by atoms with Gasteiger partial charge in [0.1, 0.15) is 11.9 Å². The van der Waals surface area contributed by atoms with Gasteiger partial charge in [0.25, 0.3) is 11.8 Å². The first-order valence-electron chi connectivity index (χ1n) is 8.86. The molecule has 1 unspecified atom stereocenters. The number of halogens is 2. The number of hydrogen-bond acceptors (Lipinski definition) is 4. The van der Waals surface area contributed by atoms with Crippen LogP contribution < -0.4 is 16.0 Å². The summed E-state index contributed by atoms with van der Waals surface area (Å²) in [7, 11) is 0. The molecule has 154 valence electrons. The van der Waals surface area contributed by atoms with Crippen LogP contribution in [0.25, 0.3) is 0 Å². The SMILES string of the molecule is CC(NC(=O)c1ccc(Br)s1)C(=O)Nc1cccc(C(=O)Nc2cccc(F)c2)c1. The second-order valence-electron chi connectivity index (χ2n) is 6.33. The minimum Gasteiger partial charge on any atom is -0.340 e. The fourth-order valence-electron chi connectivity index (χ4n) is 2.53. The molecule has 0 spiro atoms. The standard InChI is InChI=1S/C21H17BrFN3O3S/c1-12(24-21(29)17-8-9-18(22)30-17)19(27)25-15-6-2-4-13(10-15)20(28)26-16-7-3-5-14(23)11-16/h2-12H,1H3,(H,24,29)(H,25,27)(H,26,28). The van der Waals surface area contributed by atoms with Gasteiger partial charge < -0.3 is 16.0 Å². The maximum absolute atomic E-state index is 13.3. The molecule has 0 saturated heterocycles. The first kappa shape index (κ1) is 21.7. The summed E-state index contributed by atoms with van der Waals surface area (Å²) >= 11 is 4.56. The maximum atomic E-state index is 13.3. The fraction of sp³-hybridized carbons (Fsp3) is 0.0952. The molecule has 0 bridgehead atoms. The van der Waals surface area contributed by atoms with Gasteiger partial charge in [-0.05, 0) is 71.4 Å². The monoisotopic (exact) mass is 489 g/mol. The van der Waals surface area contributed by atoms with E-state index in [4.69, 9.17) is 0 Å². The van der Waals surface area contributed by atoms with Crippen LogP contribution in [0.4, 0.5) is 15.8 Å². The number of hydrogen-bond donors (Lipinski definition) is 3. The summed E-state index contributed by atoms with van der Waals surface area (Å²) in [6.45, 7) is 1.57. The normalized spacial score (nSPS) is 11.4. The van der Waals surface area contributed by atoms with Crippen molar-refractivity contribution >= 4 is 56.4 Å². The Morgan fingerprint density at radius 1 is 0.933 bits per heavy atom. The molecule has 3 N–H and O–H groups in total. The highest BCUT2D eigenvalue weighted by molar-refractivity contribution is 9.11. The third-order valence-corrected chi connectivity index (χ3v) is 5.64. The van der Waals surface area contributed by atoms with Crippen LogP contribution in [-0.2, 0) is 4.79 Å². The third kappa shape index (κ3) is 5.74. The Morgan fingerprint density at radius 3 is 2.30 bits per heavy atom. The average molecular weight is 490 g/mol. The van der Waals surface area contributed by atoms with Crippen LogP contribution in [-0.4, -0.2) is 23.8 Å². The highest BCUT2D eigenvalue weighted by Crippen LogP contribution is 2.22. The first-order chi connectivity index (χ1) is 14.3. The van der Waals surface area contributed by atoms with Crippen molar-refractivity contribution in [3.05, 3.63) is 80.7 Å². The van der Waals surface area contributed by atoms with Crippen molar-refractivity contribution in [2.24, 2.45) is 0 Å². The summed E-state index contributed by atoms with van der Waals surface area (Å²) in [4.78, 5) is 37.5. The Balaban J connectivity index is 1.61. The highest BCUT2D eigenvalue weighted by atomic mass is 79.9. The summed E-state index contributed by atoms with van der Waals surface area (Å²) < 4.78 is 14.1. The minimum absolute atomic E-state index is 0.289. The van der Waals surface area contributed by atoms with Gasteiger partial charge in [0.05, 0.1) is 8.66 Å². The summed E-state index contributed by atoms with van der Waals surface area (Å²) in [5, 5.41) is 7.90. The number of benzene rings is 2. The molecule has 30 heavy (non-hydrogen) atoms. The molecule has 3 aromatic rings. The predicted octanol–water partition coefficient (Wildman–Crippen LogP) is 4.66. The Bertz CT molecular complexity index is 1100. The van der Waals surface area contributed by atoms with Crippen LogP contribution >= 0.6 is 27.3 Å². The lowest BCUT2D eigenvalue weighted by molar-refractivity contribution is -0.117. The summed E-state index contributed by atoms with van der Waals surface area (Å²) in [5.41, 5.74) is 1.01. The van der Waals surface area contributed by atoms with Crippen LogP contribution in [0.3, 0.4) is 0 Å². The van der Waals surface area contributed by atoms with E-state index in [2.05, 4.69) is 31.9 Å². The third-order valence-electron chi connectivity index (χ3n) is 4.01. The van der Waals surface area contributed by atoms with Crippen LogP contribution in [0.2, 0.25) is 0 Å². The number of carbonyl (C=O) groups is 3. The van der Waals surface area contributed by atoms with E-state index in [-0.39, 0.29) is 11.5 Å². The van der Waals surface area contributed by atoms with Gasteiger partial charge in [-0.1, -0.05) is 12.1 Å². The molecular weight excluding hydrogens is 473 g/mol. The van der Waals surface area contributed by atoms with E-state index < -0.39 is 23.7 Å². The van der Waals surface area contributed by atoms with E-state index in [1.807, 2.05) is 0 Å². The van der Waals surface area contributed by atoms with Gasteiger partial charge >= 0.3 is 0 Å². The van der Waals surface area contributed by atoms with Crippen molar-refractivity contribution in [2.75, 3.05) is 10.6 Å². The Labute approximate surface area is 184 Å². The summed E-state index contributed by atoms with van der Waals surface area (Å²) in [6.07, 6.45) is 0. The summed E-state index contributed by atoms with van der Waals surface area (Å²) in [6, 6.07) is 14.5. The first-order valence-corrected chi connectivity index (χ1v) is 10.5. The largest absolute Gasteiger partial charge is 0.340 e. The smallest absolute Gasteiger partial charge is 0.262 e.